The number of nitrogens with zero attached hydrogens (tertiary/aromatic N) is 1. The maximum Gasteiger partial charge on any atom is 0.247 e. The summed E-state index contributed by atoms with van der Waals surface area (Å²) in [5.41, 5.74) is 3.02. The SMILES string of the molecule is O=C(/C=C/c1ccoc1)N1CCc2ccsc2C1c1ccc(Cl)cc1Cl. The van der Waals surface area contributed by atoms with Crippen molar-refractivity contribution in [2.24, 2.45) is 0 Å². The van der Waals surface area contributed by atoms with Gasteiger partial charge in [0.25, 0.3) is 0 Å². The van der Waals surface area contributed by atoms with Crippen molar-refractivity contribution in [3.63, 3.8) is 0 Å². The predicted molar refractivity (Wildman–Crippen MR) is 106 cm³/mol. The summed E-state index contributed by atoms with van der Waals surface area (Å²) in [7, 11) is 0. The van der Waals surface area contributed by atoms with Crippen LogP contribution in [-0.2, 0) is 11.2 Å². The number of hydrogen-bond acceptors (Lipinski definition) is 3. The molecule has 2 aromatic heterocycles. The number of benzene rings is 1. The highest BCUT2D eigenvalue weighted by molar-refractivity contribution is 7.10. The lowest BCUT2D eigenvalue weighted by atomic mass is 9.95. The minimum Gasteiger partial charge on any atom is -0.472 e. The molecule has 0 radical (unpaired) electrons. The van der Waals surface area contributed by atoms with Crippen molar-refractivity contribution < 1.29 is 9.21 Å². The molecule has 0 N–H and O–H groups in total. The summed E-state index contributed by atoms with van der Waals surface area (Å²) in [6.07, 6.45) is 7.37. The monoisotopic (exact) mass is 403 g/mol. The summed E-state index contributed by atoms with van der Waals surface area (Å²) in [4.78, 5) is 16.0. The number of halogens is 2. The summed E-state index contributed by atoms with van der Waals surface area (Å²) in [5, 5.41) is 3.22. The topological polar surface area (TPSA) is 33.5 Å². The van der Waals surface area contributed by atoms with Gasteiger partial charge < -0.3 is 9.32 Å². The molecule has 132 valence electrons. The molecule has 3 heterocycles. The van der Waals surface area contributed by atoms with E-state index in [1.807, 2.05) is 23.1 Å². The largest absolute Gasteiger partial charge is 0.472 e. The van der Waals surface area contributed by atoms with E-state index in [9.17, 15) is 4.79 Å². The lowest BCUT2D eigenvalue weighted by Gasteiger charge is -2.36. The van der Waals surface area contributed by atoms with Crippen LogP contribution < -0.4 is 0 Å². The lowest BCUT2D eigenvalue weighted by molar-refractivity contribution is -0.127. The fraction of sp³-hybridized carbons (Fsp3) is 0.150. The van der Waals surface area contributed by atoms with Gasteiger partial charge in [-0.15, -0.1) is 11.3 Å². The Morgan fingerprint density at radius 1 is 1.27 bits per heavy atom. The van der Waals surface area contributed by atoms with E-state index in [1.54, 1.807) is 42.1 Å². The Hall–Kier alpha value is -2.01. The van der Waals surface area contributed by atoms with Crippen molar-refractivity contribution in [3.8, 4) is 0 Å². The Morgan fingerprint density at radius 2 is 2.15 bits per heavy atom. The zero-order valence-electron chi connectivity index (χ0n) is 13.7. The van der Waals surface area contributed by atoms with E-state index >= 15 is 0 Å². The van der Waals surface area contributed by atoms with Gasteiger partial charge in [0.2, 0.25) is 5.91 Å². The molecule has 0 saturated heterocycles. The first kappa shape index (κ1) is 17.4. The minimum absolute atomic E-state index is 0.0544. The van der Waals surface area contributed by atoms with Crippen LogP contribution in [0.25, 0.3) is 6.08 Å². The summed E-state index contributed by atoms with van der Waals surface area (Å²) in [6.45, 7) is 0.641. The van der Waals surface area contributed by atoms with Crippen molar-refractivity contribution in [2.45, 2.75) is 12.5 Å². The zero-order valence-corrected chi connectivity index (χ0v) is 16.0. The number of furan rings is 1. The third kappa shape index (κ3) is 3.32. The van der Waals surface area contributed by atoms with Gasteiger partial charge in [0.05, 0.1) is 18.6 Å². The van der Waals surface area contributed by atoms with E-state index in [1.165, 1.54) is 5.56 Å². The number of rotatable bonds is 3. The van der Waals surface area contributed by atoms with E-state index in [4.69, 9.17) is 27.6 Å². The van der Waals surface area contributed by atoms with Gasteiger partial charge in [-0.1, -0.05) is 29.3 Å². The fourth-order valence-electron chi connectivity index (χ4n) is 3.21. The van der Waals surface area contributed by atoms with Gasteiger partial charge in [-0.05, 0) is 53.3 Å². The van der Waals surface area contributed by atoms with Crippen LogP contribution in [0, 0.1) is 0 Å². The summed E-state index contributed by atoms with van der Waals surface area (Å²) in [6, 6.07) is 9.18. The second kappa shape index (κ2) is 7.31. The van der Waals surface area contributed by atoms with Crippen LogP contribution >= 0.6 is 34.5 Å². The standard InChI is InChI=1S/C20H15Cl2NO2S/c21-15-2-3-16(17(22)11-15)19-20-14(7-10-26-20)5-8-23(19)18(24)4-1-13-6-9-25-12-13/h1-4,6-7,9-12,19H,5,8H2/b4-1+. The quantitative estimate of drug-likeness (QED) is 0.514. The highest BCUT2D eigenvalue weighted by Crippen LogP contribution is 2.41. The molecule has 6 heteroatoms. The molecule has 0 fully saturated rings. The predicted octanol–water partition coefficient (Wildman–Crippen LogP) is 5.84. The highest BCUT2D eigenvalue weighted by Gasteiger charge is 2.33. The maximum absolute atomic E-state index is 12.9. The van der Waals surface area contributed by atoms with Crippen molar-refractivity contribution in [1.29, 1.82) is 0 Å². The Balaban J connectivity index is 1.72. The van der Waals surface area contributed by atoms with E-state index in [0.717, 1.165) is 22.4 Å². The van der Waals surface area contributed by atoms with Crippen LogP contribution in [0.4, 0.5) is 0 Å². The average molecular weight is 404 g/mol. The highest BCUT2D eigenvalue weighted by atomic mass is 35.5. The molecular formula is C20H15Cl2NO2S. The molecule has 0 aliphatic carbocycles. The number of amides is 1. The van der Waals surface area contributed by atoms with Crippen molar-refractivity contribution in [3.05, 3.63) is 85.9 Å². The molecule has 4 rings (SSSR count). The summed E-state index contributed by atoms with van der Waals surface area (Å²) < 4.78 is 5.04. The molecule has 0 spiro atoms. The lowest BCUT2D eigenvalue weighted by Crippen LogP contribution is -2.39. The van der Waals surface area contributed by atoms with Gasteiger partial charge >= 0.3 is 0 Å². The molecular weight excluding hydrogens is 389 g/mol. The second-order valence-electron chi connectivity index (χ2n) is 6.05. The van der Waals surface area contributed by atoms with Crippen LogP contribution in [0.5, 0.6) is 0 Å². The number of carbonyl (C=O) groups excluding carboxylic acids is 1. The van der Waals surface area contributed by atoms with E-state index in [2.05, 4.69) is 11.4 Å². The smallest absolute Gasteiger partial charge is 0.247 e. The number of carbonyl (C=O) groups is 1. The van der Waals surface area contributed by atoms with Gasteiger partial charge in [-0.25, -0.2) is 0 Å². The minimum atomic E-state index is -0.204. The molecule has 3 aromatic rings. The summed E-state index contributed by atoms with van der Waals surface area (Å²) in [5.74, 6) is -0.0544. The molecule has 1 unspecified atom stereocenters. The number of hydrogen-bond donors (Lipinski definition) is 0. The van der Waals surface area contributed by atoms with Gasteiger partial charge in [0, 0.05) is 33.1 Å². The maximum atomic E-state index is 12.9. The Kier molecular flexibility index (Phi) is 4.90. The van der Waals surface area contributed by atoms with Crippen LogP contribution in [0.1, 0.15) is 27.6 Å². The molecule has 1 amide bonds. The normalized spacial score (nSPS) is 16.8. The van der Waals surface area contributed by atoms with Crippen molar-refractivity contribution in [2.75, 3.05) is 6.54 Å². The van der Waals surface area contributed by atoms with Crippen molar-refractivity contribution in [1.82, 2.24) is 4.90 Å². The molecule has 1 aromatic carbocycles. The Labute approximate surface area is 165 Å². The zero-order chi connectivity index (χ0) is 18.1. The molecule has 26 heavy (non-hydrogen) atoms. The van der Waals surface area contributed by atoms with Crippen LogP contribution in [0.3, 0.4) is 0 Å². The Morgan fingerprint density at radius 3 is 2.92 bits per heavy atom. The van der Waals surface area contributed by atoms with Gasteiger partial charge in [0.1, 0.15) is 0 Å². The molecule has 3 nitrogen and oxygen atoms in total. The van der Waals surface area contributed by atoms with Gasteiger partial charge in [0.15, 0.2) is 0 Å². The third-order valence-corrected chi connectivity index (χ3v) is 6.04. The molecule has 1 aliphatic heterocycles. The first-order valence-electron chi connectivity index (χ1n) is 8.15. The van der Waals surface area contributed by atoms with Crippen molar-refractivity contribution >= 4 is 46.5 Å². The molecule has 0 saturated carbocycles. The van der Waals surface area contributed by atoms with Crippen LogP contribution in [0.2, 0.25) is 10.0 Å². The molecule has 0 bridgehead atoms. The second-order valence-corrected chi connectivity index (χ2v) is 7.84. The average Bonchev–Trinajstić information content (AvgIpc) is 3.30. The first-order valence-corrected chi connectivity index (χ1v) is 9.79. The molecule has 1 aliphatic rings. The van der Waals surface area contributed by atoms with Crippen LogP contribution in [-0.4, -0.2) is 17.4 Å². The van der Waals surface area contributed by atoms with Crippen LogP contribution in [0.15, 0.2) is 58.7 Å². The third-order valence-electron chi connectivity index (χ3n) is 4.46. The van der Waals surface area contributed by atoms with E-state index in [-0.39, 0.29) is 11.9 Å². The van der Waals surface area contributed by atoms with E-state index < -0.39 is 0 Å². The summed E-state index contributed by atoms with van der Waals surface area (Å²) >= 11 is 14.2. The molecule has 1 atom stereocenters. The Bertz CT molecular complexity index is 962. The fourth-order valence-corrected chi connectivity index (χ4v) is 4.80. The number of thiophene rings is 1. The first-order chi connectivity index (χ1) is 12.6. The number of fused-ring (bicyclic) bond motifs is 1. The van der Waals surface area contributed by atoms with E-state index in [0.29, 0.717) is 16.6 Å². The van der Waals surface area contributed by atoms with Gasteiger partial charge in [-0.3, -0.25) is 4.79 Å². The van der Waals surface area contributed by atoms with Gasteiger partial charge in [-0.2, -0.15) is 0 Å².